The zero-order chi connectivity index (χ0) is 22.3. The van der Waals surface area contributed by atoms with Crippen LogP contribution in [0.15, 0.2) is 24.3 Å². The van der Waals surface area contributed by atoms with Crippen molar-refractivity contribution in [3.05, 3.63) is 46.6 Å². The summed E-state index contributed by atoms with van der Waals surface area (Å²) in [5.74, 6) is 1.14. The first-order valence-electron chi connectivity index (χ1n) is 12.9. The fraction of sp³-hybridized carbons (Fsp3) is 0.630. The molecule has 176 valence electrons. The number of likely N-dealkylation sites (N-methyl/N-ethyl adjacent to an activating group) is 1. The summed E-state index contributed by atoms with van der Waals surface area (Å²) in [6, 6.07) is 10.1. The molecule has 2 fully saturated rings. The Bertz CT molecular complexity index is 1000. The Morgan fingerprint density at radius 3 is 2.67 bits per heavy atom. The number of hydrogen-bond acceptors (Lipinski definition) is 6. The summed E-state index contributed by atoms with van der Waals surface area (Å²) in [7, 11) is 2.20. The lowest BCUT2D eigenvalue weighted by molar-refractivity contribution is 0.182. The standard InChI is InChI=1S/C27H37N5O/c1-31-14-4-7-22(31)19-33-26-29-24-18-27(10-8-20-5-2-3-6-21(20)17-27)11-9-23(24)25(30-26)32-15-12-28-13-16-32/h2-3,5-6,22,28H,4,7-19H2,1H3/t22-,27+/m0/s1. The van der Waals surface area contributed by atoms with Gasteiger partial charge in [0.15, 0.2) is 0 Å². The largest absolute Gasteiger partial charge is 0.462 e. The summed E-state index contributed by atoms with van der Waals surface area (Å²) in [5, 5.41) is 3.48. The number of piperazine rings is 1. The number of aryl methyl sites for hydroxylation is 1. The third-order valence-corrected chi connectivity index (χ3v) is 8.60. The number of fused-ring (bicyclic) bond motifs is 2. The second kappa shape index (κ2) is 8.88. The van der Waals surface area contributed by atoms with Crippen LogP contribution in [0.25, 0.3) is 0 Å². The van der Waals surface area contributed by atoms with Crippen molar-refractivity contribution in [2.75, 3.05) is 51.3 Å². The van der Waals surface area contributed by atoms with E-state index in [0.717, 1.165) is 51.4 Å². The maximum absolute atomic E-state index is 6.28. The molecule has 1 aromatic carbocycles. The molecular formula is C27H37N5O. The van der Waals surface area contributed by atoms with Gasteiger partial charge in [-0.3, -0.25) is 0 Å². The van der Waals surface area contributed by atoms with Gasteiger partial charge in [0.25, 0.3) is 0 Å². The van der Waals surface area contributed by atoms with Gasteiger partial charge in [-0.1, -0.05) is 24.3 Å². The lowest BCUT2D eigenvalue weighted by Gasteiger charge is -2.42. The molecule has 1 N–H and O–H groups in total. The molecule has 2 aliphatic heterocycles. The lowest BCUT2D eigenvalue weighted by atomic mass is 9.63. The highest BCUT2D eigenvalue weighted by Gasteiger charge is 2.40. The zero-order valence-corrected chi connectivity index (χ0v) is 20.0. The van der Waals surface area contributed by atoms with Crippen molar-refractivity contribution in [1.29, 1.82) is 0 Å². The molecule has 4 aliphatic rings. The van der Waals surface area contributed by atoms with Crippen LogP contribution >= 0.6 is 0 Å². The molecule has 0 bridgehead atoms. The molecule has 1 spiro atoms. The number of aromatic nitrogens is 2. The molecule has 33 heavy (non-hydrogen) atoms. The predicted octanol–water partition coefficient (Wildman–Crippen LogP) is 3.02. The van der Waals surface area contributed by atoms with Crippen LogP contribution in [0.5, 0.6) is 6.01 Å². The van der Waals surface area contributed by atoms with Crippen LogP contribution in [-0.2, 0) is 25.7 Å². The molecule has 2 aromatic rings. The Kier molecular flexibility index (Phi) is 5.75. The van der Waals surface area contributed by atoms with Gasteiger partial charge in [0.1, 0.15) is 12.4 Å². The van der Waals surface area contributed by atoms with Crippen molar-refractivity contribution in [3.8, 4) is 6.01 Å². The number of hydrogen-bond donors (Lipinski definition) is 1. The molecule has 3 heterocycles. The van der Waals surface area contributed by atoms with Crippen LogP contribution in [0.4, 0.5) is 5.82 Å². The first kappa shape index (κ1) is 21.4. The molecule has 6 rings (SSSR count). The Morgan fingerprint density at radius 1 is 1.03 bits per heavy atom. The minimum absolute atomic E-state index is 0.333. The number of nitrogens with zero attached hydrogens (tertiary/aromatic N) is 4. The molecule has 6 heteroatoms. The minimum Gasteiger partial charge on any atom is -0.462 e. The van der Waals surface area contributed by atoms with E-state index in [0.29, 0.717) is 24.1 Å². The smallest absolute Gasteiger partial charge is 0.318 e. The number of likely N-dealkylation sites (tertiary alicyclic amines) is 1. The quantitative estimate of drug-likeness (QED) is 0.778. The van der Waals surface area contributed by atoms with Crippen LogP contribution in [0.2, 0.25) is 0 Å². The monoisotopic (exact) mass is 447 g/mol. The summed E-state index contributed by atoms with van der Waals surface area (Å²) in [6.45, 7) is 5.90. The zero-order valence-electron chi connectivity index (χ0n) is 20.0. The Morgan fingerprint density at radius 2 is 1.85 bits per heavy atom. The van der Waals surface area contributed by atoms with Crippen molar-refractivity contribution >= 4 is 5.82 Å². The van der Waals surface area contributed by atoms with Crippen LogP contribution < -0.4 is 15.0 Å². The lowest BCUT2D eigenvalue weighted by Crippen LogP contribution is -2.45. The summed E-state index contributed by atoms with van der Waals surface area (Å²) < 4.78 is 6.28. The molecule has 2 atom stereocenters. The van der Waals surface area contributed by atoms with Crippen molar-refractivity contribution in [1.82, 2.24) is 20.2 Å². The van der Waals surface area contributed by atoms with Crippen LogP contribution in [0.3, 0.4) is 0 Å². The van der Waals surface area contributed by atoms with Crippen molar-refractivity contribution in [2.45, 2.75) is 57.4 Å². The highest BCUT2D eigenvalue weighted by molar-refractivity contribution is 5.52. The average Bonchev–Trinajstić information content (AvgIpc) is 3.27. The maximum atomic E-state index is 6.28. The molecule has 0 saturated carbocycles. The van der Waals surface area contributed by atoms with E-state index in [-0.39, 0.29) is 0 Å². The number of anilines is 1. The fourth-order valence-corrected chi connectivity index (χ4v) is 6.52. The average molecular weight is 448 g/mol. The van der Waals surface area contributed by atoms with Crippen molar-refractivity contribution in [2.24, 2.45) is 5.41 Å². The van der Waals surface area contributed by atoms with E-state index in [9.17, 15) is 0 Å². The molecule has 6 nitrogen and oxygen atoms in total. The van der Waals surface area contributed by atoms with E-state index >= 15 is 0 Å². The van der Waals surface area contributed by atoms with Gasteiger partial charge >= 0.3 is 6.01 Å². The second-order valence-corrected chi connectivity index (χ2v) is 10.7. The summed E-state index contributed by atoms with van der Waals surface area (Å²) in [4.78, 5) is 14.9. The van der Waals surface area contributed by atoms with Crippen molar-refractivity contribution < 1.29 is 4.74 Å². The first-order valence-corrected chi connectivity index (χ1v) is 12.9. The van der Waals surface area contributed by atoms with E-state index in [2.05, 4.69) is 46.4 Å². The molecule has 2 aliphatic carbocycles. The number of benzene rings is 1. The summed E-state index contributed by atoms with van der Waals surface area (Å²) in [6.07, 6.45) is 9.47. The molecule has 1 aromatic heterocycles. The first-order chi connectivity index (χ1) is 16.2. The summed E-state index contributed by atoms with van der Waals surface area (Å²) >= 11 is 0. The predicted molar refractivity (Wildman–Crippen MR) is 131 cm³/mol. The van der Waals surface area contributed by atoms with Gasteiger partial charge in [0.05, 0.1) is 5.69 Å². The molecule has 0 unspecified atom stereocenters. The number of rotatable bonds is 4. The highest BCUT2D eigenvalue weighted by atomic mass is 16.5. The van der Waals surface area contributed by atoms with E-state index in [1.807, 2.05) is 0 Å². The SMILES string of the molecule is CN1CCC[C@H]1COc1nc2c(c(N3CCNCC3)n1)CC[C@@]1(CCc3ccccc3C1)C2. The summed E-state index contributed by atoms with van der Waals surface area (Å²) in [5.41, 5.74) is 6.05. The Hall–Kier alpha value is -2.18. The molecular weight excluding hydrogens is 410 g/mol. The maximum Gasteiger partial charge on any atom is 0.318 e. The van der Waals surface area contributed by atoms with E-state index < -0.39 is 0 Å². The van der Waals surface area contributed by atoms with E-state index in [1.54, 1.807) is 11.1 Å². The van der Waals surface area contributed by atoms with Gasteiger partial charge in [0, 0.05) is 37.8 Å². The molecule has 0 amide bonds. The van der Waals surface area contributed by atoms with Gasteiger partial charge in [-0.25, -0.2) is 0 Å². The third-order valence-electron chi connectivity index (χ3n) is 8.60. The second-order valence-electron chi connectivity index (χ2n) is 10.7. The van der Waals surface area contributed by atoms with E-state index in [1.165, 1.54) is 49.8 Å². The highest BCUT2D eigenvalue weighted by Crippen LogP contribution is 2.46. The van der Waals surface area contributed by atoms with Gasteiger partial charge < -0.3 is 19.9 Å². The number of nitrogens with one attached hydrogen (secondary N) is 1. The van der Waals surface area contributed by atoms with Crippen LogP contribution in [-0.4, -0.2) is 67.3 Å². The van der Waals surface area contributed by atoms with Crippen LogP contribution in [0.1, 0.15) is 48.1 Å². The minimum atomic E-state index is 0.333. The Labute approximate surface area is 197 Å². The van der Waals surface area contributed by atoms with Gasteiger partial charge in [-0.15, -0.1) is 0 Å². The topological polar surface area (TPSA) is 53.5 Å². The van der Waals surface area contributed by atoms with Crippen LogP contribution in [0, 0.1) is 5.41 Å². The third kappa shape index (κ3) is 4.24. The molecule has 2 saturated heterocycles. The van der Waals surface area contributed by atoms with Gasteiger partial charge in [-0.2, -0.15) is 9.97 Å². The number of ether oxygens (including phenoxy) is 1. The van der Waals surface area contributed by atoms with E-state index in [4.69, 9.17) is 14.7 Å². The van der Waals surface area contributed by atoms with Crippen molar-refractivity contribution in [3.63, 3.8) is 0 Å². The molecule has 0 radical (unpaired) electrons. The van der Waals surface area contributed by atoms with Gasteiger partial charge in [0.2, 0.25) is 0 Å². The fourth-order valence-electron chi connectivity index (χ4n) is 6.52. The normalized spacial score (nSPS) is 27.4. The van der Waals surface area contributed by atoms with Gasteiger partial charge in [-0.05, 0) is 81.5 Å². The Balaban J connectivity index is 1.29.